The highest BCUT2D eigenvalue weighted by molar-refractivity contribution is 8.00. The second-order valence-electron chi connectivity index (χ2n) is 8.55. The molecule has 2 aromatic rings. The van der Waals surface area contributed by atoms with E-state index in [2.05, 4.69) is 22.8 Å². The van der Waals surface area contributed by atoms with E-state index < -0.39 is 0 Å². The van der Waals surface area contributed by atoms with Crippen molar-refractivity contribution in [2.24, 2.45) is 0 Å². The second kappa shape index (κ2) is 10.9. The van der Waals surface area contributed by atoms with Crippen LogP contribution in [-0.2, 0) is 17.8 Å². The van der Waals surface area contributed by atoms with Crippen molar-refractivity contribution in [1.29, 1.82) is 0 Å². The van der Waals surface area contributed by atoms with Crippen molar-refractivity contribution in [2.45, 2.75) is 56.0 Å². The molecule has 3 atom stereocenters. The Kier molecular flexibility index (Phi) is 7.68. The van der Waals surface area contributed by atoms with Crippen molar-refractivity contribution in [3.8, 4) is 0 Å². The van der Waals surface area contributed by atoms with Crippen LogP contribution in [0, 0.1) is 5.82 Å². The molecule has 7 heteroatoms. The molecule has 170 valence electrons. The third-order valence-electron chi connectivity index (χ3n) is 6.22. The Morgan fingerprint density at radius 1 is 1.03 bits per heavy atom. The highest BCUT2D eigenvalue weighted by Gasteiger charge is 2.42. The van der Waals surface area contributed by atoms with Crippen LogP contribution in [0.4, 0.5) is 9.18 Å². The highest BCUT2D eigenvalue weighted by atomic mass is 32.2. The summed E-state index contributed by atoms with van der Waals surface area (Å²) in [6.45, 7) is 1.13. The minimum Gasteiger partial charge on any atom is -0.338 e. The van der Waals surface area contributed by atoms with Gasteiger partial charge in [0.15, 0.2) is 0 Å². The van der Waals surface area contributed by atoms with Crippen LogP contribution in [0.25, 0.3) is 0 Å². The van der Waals surface area contributed by atoms with Gasteiger partial charge in [0.05, 0.1) is 12.1 Å². The standard InChI is InChI=1S/C25H30FN3O2S/c26-20-12-10-19(11-13-20)16-29(15-14-18-6-2-1-3-7-18)23(30)9-5-4-8-22-24-21(17-32-22)27-25(31)28-24/h1-3,6-7,10-13,21-22,24H,4-5,8-9,14-17H2,(H2,27,28,31)/t21-,22-,24-/m0/s1. The van der Waals surface area contributed by atoms with Crippen LogP contribution in [0.1, 0.15) is 36.8 Å². The molecule has 0 saturated carbocycles. The van der Waals surface area contributed by atoms with E-state index in [0.717, 1.165) is 37.0 Å². The van der Waals surface area contributed by atoms with Gasteiger partial charge in [-0.05, 0) is 42.5 Å². The highest BCUT2D eigenvalue weighted by Crippen LogP contribution is 2.33. The van der Waals surface area contributed by atoms with E-state index in [1.54, 1.807) is 12.1 Å². The Bertz CT molecular complexity index is 909. The number of unbranched alkanes of at least 4 members (excludes halogenated alkanes) is 1. The number of urea groups is 1. The molecule has 2 saturated heterocycles. The van der Waals surface area contributed by atoms with Gasteiger partial charge >= 0.3 is 6.03 Å². The first-order valence-corrected chi connectivity index (χ1v) is 12.4. The average Bonchev–Trinajstić information content (AvgIpc) is 3.35. The smallest absolute Gasteiger partial charge is 0.315 e. The van der Waals surface area contributed by atoms with Crippen LogP contribution in [0.2, 0.25) is 0 Å². The molecule has 4 rings (SSSR count). The molecule has 2 heterocycles. The van der Waals surface area contributed by atoms with Crippen LogP contribution < -0.4 is 10.6 Å². The molecule has 0 radical (unpaired) electrons. The van der Waals surface area contributed by atoms with E-state index in [9.17, 15) is 14.0 Å². The molecule has 0 spiro atoms. The van der Waals surface area contributed by atoms with E-state index in [4.69, 9.17) is 0 Å². The first-order valence-electron chi connectivity index (χ1n) is 11.3. The molecule has 0 bridgehead atoms. The van der Waals surface area contributed by atoms with Crippen LogP contribution in [0.15, 0.2) is 54.6 Å². The fourth-order valence-electron chi connectivity index (χ4n) is 4.43. The monoisotopic (exact) mass is 455 g/mol. The van der Waals surface area contributed by atoms with Crippen LogP contribution in [-0.4, -0.2) is 46.5 Å². The molecule has 5 nitrogen and oxygen atoms in total. The molecular formula is C25H30FN3O2S. The molecule has 32 heavy (non-hydrogen) atoms. The van der Waals surface area contributed by atoms with Crippen molar-refractivity contribution < 1.29 is 14.0 Å². The van der Waals surface area contributed by atoms with Crippen molar-refractivity contribution in [2.75, 3.05) is 12.3 Å². The summed E-state index contributed by atoms with van der Waals surface area (Å²) in [4.78, 5) is 26.5. The van der Waals surface area contributed by atoms with Crippen molar-refractivity contribution in [1.82, 2.24) is 15.5 Å². The van der Waals surface area contributed by atoms with Gasteiger partial charge in [0.2, 0.25) is 5.91 Å². The Hall–Kier alpha value is -2.54. The summed E-state index contributed by atoms with van der Waals surface area (Å²) in [5, 5.41) is 6.41. The molecule has 2 aliphatic rings. The number of carbonyl (C=O) groups excluding carboxylic acids is 2. The second-order valence-corrected chi connectivity index (χ2v) is 9.82. The Labute approximate surface area is 193 Å². The van der Waals surface area contributed by atoms with E-state index in [1.807, 2.05) is 34.9 Å². The number of hydrogen-bond acceptors (Lipinski definition) is 3. The number of amides is 3. The predicted molar refractivity (Wildman–Crippen MR) is 126 cm³/mol. The van der Waals surface area contributed by atoms with E-state index in [1.165, 1.54) is 17.7 Å². The quantitative estimate of drug-likeness (QED) is 0.418. The maximum Gasteiger partial charge on any atom is 0.315 e. The van der Waals surface area contributed by atoms with Crippen molar-refractivity contribution >= 4 is 23.7 Å². The molecule has 2 fully saturated rings. The number of rotatable bonds is 10. The lowest BCUT2D eigenvalue weighted by atomic mass is 10.0. The van der Waals surface area contributed by atoms with Gasteiger partial charge in [0.1, 0.15) is 5.82 Å². The van der Waals surface area contributed by atoms with Crippen LogP contribution >= 0.6 is 11.8 Å². The average molecular weight is 456 g/mol. The minimum atomic E-state index is -0.267. The first-order chi connectivity index (χ1) is 15.6. The first kappa shape index (κ1) is 22.6. The lowest BCUT2D eigenvalue weighted by Crippen LogP contribution is -2.36. The fraction of sp³-hybridized carbons (Fsp3) is 0.440. The topological polar surface area (TPSA) is 61.4 Å². The Balaban J connectivity index is 1.27. The van der Waals surface area contributed by atoms with E-state index in [0.29, 0.717) is 24.8 Å². The SMILES string of the molecule is O=C1N[C@H]2[C@H](CS[C@H]2CCCCC(=O)N(CCc2ccccc2)Cc2ccc(F)cc2)N1. The minimum absolute atomic E-state index is 0.0599. The summed E-state index contributed by atoms with van der Waals surface area (Å²) in [5.74, 6) is 0.826. The normalized spacial score (nSPS) is 21.7. The largest absolute Gasteiger partial charge is 0.338 e. The van der Waals surface area contributed by atoms with Gasteiger partial charge in [-0.15, -0.1) is 0 Å². The summed E-state index contributed by atoms with van der Waals surface area (Å²) in [6, 6.07) is 16.9. The maximum atomic E-state index is 13.3. The van der Waals surface area contributed by atoms with Gasteiger partial charge in [0.25, 0.3) is 0 Å². The summed E-state index contributed by atoms with van der Waals surface area (Å²) in [7, 11) is 0. The summed E-state index contributed by atoms with van der Waals surface area (Å²) < 4.78 is 13.3. The van der Waals surface area contributed by atoms with Gasteiger partial charge in [-0.3, -0.25) is 4.79 Å². The molecule has 2 N–H and O–H groups in total. The maximum absolute atomic E-state index is 13.3. The predicted octanol–water partition coefficient (Wildman–Crippen LogP) is 4.12. The number of benzene rings is 2. The molecule has 2 aliphatic heterocycles. The van der Waals surface area contributed by atoms with Crippen molar-refractivity contribution in [3.05, 3.63) is 71.5 Å². The third kappa shape index (κ3) is 6.03. The van der Waals surface area contributed by atoms with Crippen molar-refractivity contribution in [3.63, 3.8) is 0 Å². The Morgan fingerprint density at radius 2 is 1.81 bits per heavy atom. The zero-order chi connectivity index (χ0) is 22.3. The molecule has 2 aromatic carbocycles. The Morgan fingerprint density at radius 3 is 2.59 bits per heavy atom. The zero-order valence-electron chi connectivity index (χ0n) is 18.1. The zero-order valence-corrected chi connectivity index (χ0v) is 19.0. The number of carbonyl (C=O) groups is 2. The lowest BCUT2D eigenvalue weighted by molar-refractivity contribution is -0.131. The van der Waals surface area contributed by atoms with E-state index in [-0.39, 0.29) is 29.8 Å². The van der Waals surface area contributed by atoms with Crippen LogP contribution in [0.5, 0.6) is 0 Å². The molecule has 0 unspecified atom stereocenters. The number of nitrogens with one attached hydrogen (secondary N) is 2. The lowest BCUT2D eigenvalue weighted by Gasteiger charge is -2.23. The summed E-state index contributed by atoms with van der Waals surface area (Å²) in [6.07, 6.45) is 4.10. The van der Waals surface area contributed by atoms with Gasteiger partial charge < -0.3 is 15.5 Å². The number of halogens is 1. The van der Waals surface area contributed by atoms with Crippen LogP contribution in [0.3, 0.4) is 0 Å². The fourth-order valence-corrected chi connectivity index (χ4v) is 5.98. The van der Waals surface area contributed by atoms with E-state index >= 15 is 0 Å². The molecule has 3 amide bonds. The summed E-state index contributed by atoms with van der Waals surface area (Å²) in [5.41, 5.74) is 2.13. The van der Waals surface area contributed by atoms with Gasteiger partial charge in [-0.25, -0.2) is 9.18 Å². The van der Waals surface area contributed by atoms with Gasteiger partial charge in [-0.1, -0.05) is 48.9 Å². The molecular weight excluding hydrogens is 425 g/mol. The number of thioether (sulfide) groups is 1. The molecule has 0 aromatic heterocycles. The molecule has 0 aliphatic carbocycles. The number of hydrogen-bond donors (Lipinski definition) is 2. The number of fused-ring (bicyclic) bond motifs is 1. The summed E-state index contributed by atoms with van der Waals surface area (Å²) >= 11 is 1.91. The number of nitrogens with zero attached hydrogens (tertiary/aromatic N) is 1. The van der Waals surface area contributed by atoms with Gasteiger partial charge in [-0.2, -0.15) is 11.8 Å². The third-order valence-corrected chi connectivity index (χ3v) is 7.73. The van der Waals surface area contributed by atoms with Gasteiger partial charge in [0, 0.05) is 30.5 Å².